The summed E-state index contributed by atoms with van der Waals surface area (Å²) in [4.78, 5) is 21.2. The van der Waals surface area contributed by atoms with Crippen LogP contribution in [-0.4, -0.2) is 42.0 Å². The first kappa shape index (κ1) is 18.6. The van der Waals surface area contributed by atoms with Crippen LogP contribution >= 0.6 is 11.3 Å². The number of rotatable bonds is 3. The zero-order valence-electron chi connectivity index (χ0n) is 15.1. The van der Waals surface area contributed by atoms with Crippen LogP contribution < -0.4 is 4.90 Å². The lowest BCUT2D eigenvalue weighted by Gasteiger charge is -2.22. The Bertz CT molecular complexity index is 974. The Morgan fingerprint density at radius 1 is 0.964 bits per heavy atom. The van der Waals surface area contributed by atoms with E-state index in [0.717, 1.165) is 29.4 Å². The number of nitrogens with zero attached hydrogens (tertiary/aromatic N) is 3. The fourth-order valence-electron chi connectivity index (χ4n) is 3.28. The van der Waals surface area contributed by atoms with Crippen LogP contribution in [0.2, 0.25) is 0 Å². The van der Waals surface area contributed by atoms with Crippen molar-refractivity contribution in [2.24, 2.45) is 0 Å². The maximum Gasteiger partial charge on any atom is 0.256 e. The summed E-state index contributed by atoms with van der Waals surface area (Å²) in [5, 5.41) is 2.83. The minimum absolute atomic E-state index is 0.115. The second kappa shape index (κ2) is 8.06. The maximum absolute atomic E-state index is 13.9. The Labute approximate surface area is 166 Å². The normalized spacial score (nSPS) is 14.8. The van der Waals surface area contributed by atoms with Crippen LogP contribution in [-0.2, 0) is 0 Å². The Morgan fingerprint density at radius 3 is 2.54 bits per heavy atom. The largest absolute Gasteiger partial charge is 0.346 e. The predicted octanol–water partition coefficient (Wildman–Crippen LogP) is 4.44. The van der Waals surface area contributed by atoms with Crippen molar-refractivity contribution in [2.45, 2.75) is 6.42 Å². The number of halogens is 2. The molecule has 4 nitrogen and oxygen atoms in total. The highest BCUT2D eigenvalue weighted by Crippen LogP contribution is 2.28. The van der Waals surface area contributed by atoms with Crippen LogP contribution in [0.3, 0.4) is 0 Å². The first-order chi connectivity index (χ1) is 13.6. The van der Waals surface area contributed by atoms with Gasteiger partial charge in [-0.15, -0.1) is 11.3 Å². The van der Waals surface area contributed by atoms with Gasteiger partial charge in [-0.25, -0.2) is 13.8 Å². The molecule has 1 fully saturated rings. The highest BCUT2D eigenvalue weighted by Gasteiger charge is 2.23. The number of thiazole rings is 1. The van der Waals surface area contributed by atoms with Crippen LogP contribution in [0, 0.1) is 11.6 Å². The van der Waals surface area contributed by atoms with Crippen molar-refractivity contribution in [1.29, 1.82) is 0 Å². The molecule has 3 aromatic rings. The molecule has 0 atom stereocenters. The third-order valence-electron chi connectivity index (χ3n) is 4.79. The van der Waals surface area contributed by atoms with E-state index in [2.05, 4.69) is 9.88 Å². The van der Waals surface area contributed by atoms with Crippen molar-refractivity contribution in [1.82, 2.24) is 9.88 Å². The van der Waals surface area contributed by atoms with Gasteiger partial charge in [0.2, 0.25) is 0 Å². The fraction of sp³-hybridized carbons (Fsp3) is 0.238. The van der Waals surface area contributed by atoms with Crippen molar-refractivity contribution in [3.8, 4) is 11.3 Å². The van der Waals surface area contributed by atoms with Gasteiger partial charge in [0.05, 0.1) is 11.3 Å². The standard InChI is InChI=1S/C21H19F2N3OS/c22-16-8-6-15(7-9-16)19-14-28-21(24-19)26-11-3-10-25(12-13-26)20(27)17-4-1-2-5-18(17)23/h1-2,4-9,14H,3,10-13H2. The summed E-state index contributed by atoms with van der Waals surface area (Å²) in [6.07, 6.45) is 0.783. The zero-order chi connectivity index (χ0) is 19.5. The van der Waals surface area contributed by atoms with E-state index < -0.39 is 5.82 Å². The Morgan fingerprint density at radius 2 is 1.75 bits per heavy atom. The summed E-state index contributed by atoms with van der Waals surface area (Å²) in [6, 6.07) is 12.4. The number of aromatic nitrogens is 1. The molecule has 0 saturated carbocycles. The van der Waals surface area contributed by atoms with E-state index in [1.54, 1.807) is 29.2 Å². The number of anilines is 1. The number of hydrogen-bond donors (Lipinski definition) is 0. The zero-order valence-corrected chi connectivity index (χ0v) is 16.0. The van der Waals surface area contributed by atoms with E-state index in [4.69, 9.17) is 0 Å². The third kappa shape index (κ3) is 3.89. The van der Waals surface area contributed by atoms with Crippen LogP contribution in [0.1, 0.15) is 16.8 Å². The Balaban J connectivity index is 1.45. The minimum Gasteiger partial charge on any atom is -0.346 e. The predicted molar refractivity (Wildman–Crippen MR) is 107 cm³/mol. The van der Waals surface area contributed by atoms with Gasteiger partial charge in [-0.1, -0.05) is 12.1 Å². The number of hydrogen-bond acceptors (Lipinski definition) is 4. The lowest BCUT2D eigenvalue weighted by atomic mass is 10.2. The Hall–Kier alpha value is -2.80. The summed E-state index contributed by atoms with van der Waals surface area (Å²) in [5.41, 5.74) is 1.79. The second-order valence-electron chi connectivity index (χ2n) is 6.63. The molecule has 4 rings (SSSR count). The van der Waals surface area contributed by atoms with E-state index in [1.807, 2.05) is 5.38 Å². The average Bonchev–Trinajstić information content (AvgIpc) is 3.06. The van der Waals surface area contributed by atoms with Crippen molar-refractivity contribution >= 4 is 22.4 Å². The van der Waals surface area contributed by atoms with Crippen LogP contribution in [0.4, 0.5) is 13.9 Å². The first-order valence-corrected chi connectivity index (χ1v) is 10.00. The van der Waals surface area contributed by atoms with Gasteiger partial charge >= 0.3 is 0 Å². The summed E-state index contributed by atoms with van der Waals surface area (Å²) < 4.78 is 27.0. The number of carbonyl (C=O) groups excluding carboxylic acids is 1. The summed E-state index contributed by atoms with van der Waals surface area (Å²) in [6.45, 7) is 2.51. The van der Waals surface area contributed by atoms with E-state index in [1.165, 1.54) is 35.6 Å². The van der Waals surface area contributed by atoms with E-state index >= 15 is 0 Å². The van der Waals surface area contributed by atoms with Gasteiger partial charge in [-0.2, -0.15) is 0 Å². The molecule has 1 aliphatic rings. The molecule has 0 aliphatic carbocycles. The van der Waals surface area contributed by atoms with E-state index in [9.17, 15) is 13.6 Å². The summed E-state index contributed by atoms with van der Waals surface area (Å²) in [7, 11) is 0. The molecule has 1 aliphatic heterocycles. The molecule has 144 valence electrons. The minimum atomic E-state index is -0.488. The van der Waals surface area contributed by atoms with Gasteiger partial charge < -0.3 is 9.80 Å². The summed E-state index contributed by atoms with van der Waals surface area (Å²) >= 11 is 1.53. The van der Waals surface area contributed by atoms with Crippen LogP contribution in [0.15, 0.2) is 53.9 Å². The molecule has 0 radical (unpaired) electrons. The highest BCUT2D eigenvalue weighted by molar-refractivity contribution is 7.14. The van der Waals surface area contributed by atoms with Crippen LogP contribution in [0.5, 0.6) is 0 Å². The maximum atomic E-state index is 13.9. The molecule has 0 bridgehead atoms. The molecule has 1 aromatic heterocycles. The molecule has 0 N–H and O–H groups in total. The van der Waals surface area contributed by atoms with Gasteiger partial charge in [0.15, 0.2) is 5.13 Å². The van der Waals surface area contributed by atoms with Crippen LogP contribution in [0.25, 0.3) is 11.3 Å². The summed E-state index contributed by atoms with van der Waals surface area (Å²) in [5.74, 6) is -1.03. The molecule has 28 heavy (non-hydrogen) atoms. The molecular formula is C21H19F2N3OS. The highest BCUT2D eigenvalue weighted by atomic mass is 32.1. The smallest absolute Gasteiger partial charge is 0.256 e. The number of amides is 1. The quantitative estimate of drug-likeness (QED) is 0.653. The monoisotopic (exact) mass is 399 g/mol. The SMILES string of the molecule is O=C(c1ccccc1F)N1CCCN(c2nc(-c3ccc(F)cc3)cs2)CC1. The molecule has 0 unspecified atom stereocenters. The van der Waals surface area contributed by atoms with E-state index in [-0.39, 0.29) is 17.3 Å². The lowest BCUT2D eigenvalue weighted by Crippen LogP contribution is -2.35. The van der Waals surface area contributed by atoms with Crippen molar-refractivity contribution in [2.75, 3.05) is 31.1 Å². The average molecular weight is 399 g/mol. The van der Waals surface area contributed by atoms with Gasteiger partial charge in [-0.3, -0.25) is 4.79 Å². The van der Waals surface area contributed by atoms with E-state index in [0.29, 0.717) is 19.6 Å². The molecule has 2 heterocycles. The van der Waals surface area contributed by atoms with Gasteiger partial charge in [-0.05, 0) is 42.8 Å². The second-order valence-corrected chi connectivity index (χ2v) is 7.47. The number of benzene rings is 2. The molecule has 1 amide bonds. The molecular weight excluding hydrogens is 380 g/mol. The first-order valence-electron chi connectivity index (χ1n) is 9.12. The fourth-order valence-corrected chi connectivity index (χ4v) is 4.17. The number of carbonyl (C=O) groups is 1. The van der Waals surface area contributed by atoms with Gasteiger partial charge in [0.25, 0.3) is 5.91 Å². The van der Waals surface area contributed by atoms with Crippen molar-refractivity contribution in [3.63, 3.8) is 0 Å². The van der Waals surface area contributed by atoms with Gasteiger partial charge in [0, 0.05) is 37.1 Å². The van der Waals surface area contributed by atoms with Crippen molar-refractivity contribution in [3.05, 3.63) is 71.1 Å². The Kier molecular flexibility index (Phi) is 5.34. The topological polar surface area (TPSA) is 36.4 Å². The van der Waals surface area contributed by atoms with Gasteiger partial charge in [0.1, 0.15) is 11.6 Å². The lowest BCUT2D eigenvalue weighted by molar-refractivity contribution is 0.0762. The third-order valence-corrected chi connectivity index (χ3v) is 5.69. The molecule has 2 aromatic carbocycles. The molecule has 7 heteroatoms. The molecule has 1 saturated heterocycles. The molecule has 0 spiro atoms. The van der Waals surface area contributed by atoms with Crippen molar-refractivity contribution < 1.29 is 13.6 Å².